The van der Waals surface area contributed by atoms with Gasteiger partial charge < -0.3 is 15.2 Å². The maximum absolute atomic E-state index is 14.3. The van der Waals surface area contributed by atoms with Crippen LogP contribution in [0.1, 0.15) is 15.9 Å². The maximum Gasteiger partial charge on any atom is 0.270 e. The van der Waals surface area contributed by atoms with Crippen LogP contribution in [0.4, 0.5) is 15.8 Å². The number of rotatable bonds is 6. The molecule has 0 saturated carbocycles. The number of carbonyl (C=O) groups excluding carboxylic acids is 1. The molecule has 0 atom stereocenters. The van der Waals surface area contributed by atoms with Crippen LogP contribution in [0.3, 0.4) is 0 Å². The highest BCUT2D eigenvalue weighted by Gasteiger charge is 2.16. The number of anilines is 1. The van der Waals surface area contributed by atoms with Crippen molar-refractivity contribution in [1.82, 2.24) is 14.9 Å². The van der Waals surface area contributed by atoms with Gasteiger partial charge in [-0.25, -0.2) is 9.37 Å². The highest BCUT2D eigenvalue weighted by Crippen LogP contribution is 2.23. The monoisotopic (exact) mass is 369 g/mol. The summed E-state index contributed by atoms with van der Waals surface area (Å²) < 4.78 is 15.9. The van der Waals surface area contributed by atoms with Gasteiger partial charge >= 0.3 is 0 Å². The van der Waals surface area contributed by atoms with E-state index in [9.17, 15) is 19.3 Å². The Morgan fingerprint density at radius 3 is 2.74 bits per heavy atom. The second-order valence-corrected chi connectivity index (χ2v) is 5.68. The average Bonchev–Trinajstić information content (AvgIpc) is 3.20. The lowest BCUT2D eigenvalue weighted by atomic mass is 10.1. The van der Waals surface area contributed by atoms with E-state index in [0.717, 1.165) is 0 Å². The van der Waals surface area contributed by atoms with Crippen molar-refractivity contribution in [2.75, 3.05) is 12.4 Å². The van der Waals surface area contributed by atoms with Crippen LogP contribution in [-0.4, -0.2) is 27.4 Å². The molecule has 0 aliphatic heterocycles. The van der Waals surface area contributed by atoms with Crippen LogP contribution in [-0.2, 0) is 6.54 Å². The third-order valence-electron chi connectivity index (χ3n) is 3.96. The summed E-state index contributed by atoms with van der Waals surface area (Å²) in [6.07, 6.45) is 4.70. The number of halogens is 1. The Morgan fingerprint density at radius 1 is 1.30 bits per heavy atom. The van der Waals surface area contributed by atoms with Crippen molar-refractivity contribution in [3.05, 3.63) is 82.2 Å². The van der Waals surface area contributed by atoms with Crippen LogP contribution in [0.5, 0.6) is 0 Å². The number of nitro benzene ring substituents is 1. The normalized spacial score (nSPS) is 10.4. The maximum atomic E-state index is 14.3. The van der Waals surface area contributed by atoms with Gasteiger partial charge in [0.25, 0.3) is 11.6 Å². The van der Waals surface area contributed by atoms with Gasteiger partial charge in [0.05, 0.1) is 22.5 Å². The Balaban J connectivity index is 1.81. The smallest absolute Gasteiger partial charge is 0.270 e. The number of non-ortho nitro benzene ring substituents is 1. The van der Waals surface area contributed by atoms with E-state index in [1.807, 2.05) is 0 Å². The van der Waals surface area contributed by atoms with Crippen LogP contribution >= 0.6 is 0 Å². The van der Waals surface area contributed by atoms with Gasteiger partial charge in [0.1, 0.15) is 5.82 Å². The molecule has 0 bridgehead atoms. The van der Waals surface area contributed by atoms with Crippen molar-refractivity contribution in [3.63, 3.8) is 0 Å². The predicted octanol–water partition coefficient (Wildman–Crippen LogP) is 2.89. The number of hydrogen-bond donors (Lipinski definition) is 2. The fourth-order valence-corrected chi connectivity index (χ4v) is 2.59. The molecule has 1 amide bonds. The Labute approximate surface area is 153 Å². The fourth-order valence-electron chi connectivity index (χ4n) is 2.59. The number of benzene rings is 2. The molecule has 0 aliphatic carbocycles. The van der Waals surface area contributed by atoms with Gasteiger partial charge in [-0.3, -0.25) is 14.9 Å². The van der Waals surface area contributed by atoms with Crippen LogP contribution in [0.25, 0.3) is 5.69 Å². The van der Waals surface area contributed by atoms with Crippen LogP contribution in [0.2, 0.25) is 0 Å². The quantitative estimate of drug-likeness (QED) is 0.514. The molecule has 2 N–H and O–H groups in total. The second-order valence-electron chi connectivity index (χ2n) is 5.68. The van der Waals surface area contributed by atoms with Crippen molar-refractivity contribution < 1.29 is 14.1 Å². The first kappa shape index (κ1) is 18.1. The Kier molecular flexibility index (Phi) is 5.11. The first-order valence-corrected chi connectivity index (χ1v) is 8.00. The number of carbonyl (C=O) groups is 1. The molecule has 0 fully saturated rings. The van der Waals surface area contributed by atoms with E-state index in [-0.39, 0.29) is 17.8 Å². The Bertz CT molecular complexity index is 989. The molecule has 138 valence electrons. The standard InChI is InChI=1S/C18H16FN5O3/c1-20-18(25)14-9-13(24(26)27)3-4-16(14)22-10-12-2-5-17(15(19)8-12)23-7-6-21-11-23/h2-9,11,22H,10H2,1H3,(H,20,25). The van der Waals surface area contributed by atoms with Gasteiger partial charge in [-0.05, 0) is 23.8 Å². The predicted molar refractivity (Wildman–Crippen MR) is 97.3 cm³/mol. The summed E-state index contributed by atoms with van der Waals surface area (Å²) >= 11 is 0. The molecule has 1 heterocycles. The minimum Gasteiger partial charge on any atom is -0.380 e. The van der Waals surface area contributed by atoms with E-state index < -0.39 is 16.6 Å². The molecule has 3 rings (SSSR count). The number of nitrogens with one attached hydrogen (secondary N) is 2. The first-order chi connectivity index (χ1) is 13.0. The van der Waals surface area contributed by atoms with Crippen molar-refractivity contribution in [3.8, 4) is 5.69 Å². The number of imidazole rings is 1. The third kappa shape index (κ3) is 3.92. The lowest BCUT2D eigenvalue weighted by molar-refractivity contribution is -0.384. The molecule has 0 radical (unpaired) electrons. The van der Waals surface area contributed by atoms with E-state index in [1.165, 1.54) is 37.6 Å². The van der Waals surface area contributed by atoms with Crippen LogP contribution in [0.15, 0.2) is 55.1 Å². The largest absolute Gasteiger partial charge is 0.380 e. The Morgan fingerprint density at radius 2 is 2.11 bits per heavy atom. The van der Waals surface area contributed by atoms with E-state index in [2.05, 4.69) is 15.6 Å². The number of nitrogens with zero attached hydrogens (tertiary/aromatic N) is 3. The molecule has 0 unspecified atom stereocenters. The van der Waals surface area contributed by atoms with Crippen molar-refractivity contribution in [1.29, 1.82) is 0 Å². The summed E-state index contributed by atoms with van der Waals surface area (Å²) in [5, 5.41) is 16.4. The SMILES string of the molecule is CNC(=O)c1cc([N+](=O)[O-])ccc1NCc1ccc(-n2ccnc2)c(F)c1. The molecule has 3 aromatic rings. The van der Waals surface area contributed by atoms with Gasteiger partial charge in [-0.2, -0.15) is 0 Å². The van der Waals surface area contributed by atoms with Gasteiger partial charge in [-0.15, -0.1) is 0 Å². The number of nitro groups is 1. The molecule has 0 spiro atoms. The first-order valence-electron chi connectivity index (χ1n) is 8.00. The van der Waals surface area contributed by atoms with E-state index in [1.54, 1.807) is 29.1 Å². The summed E-state index contributed by atoms with van der Waals surface area (Å²) in [6.45, 7) is 0.239. The van der Waals surface area contributed by atoms with Crippen molar-refractivity contribution in [2.45, 2.75) is 6.54 Å². The highest BCUT2D eigenvalue weighted by molar-refractivity contribution is 6.00. The molecule has 0 saturated heterocycles. The molecule has 2 aromatic carbocycles. The molecular weight excluding hydrogens is 353 g/mol. The zero-order valence-electron chi connectivity index (χ0n) is 14.3. The molecule has 0 aliphatic rings. The van der Waals surface area contributed by atoms with E-state index in [0.29, 0.717) is 16.9 Å². The summed E-state index contributed by atoms with van der Waals surface area (Å²) in [5.41, 5.74) is 1.39. The van der Waals surface area contributed by atoms with E-state index in [4.69, 9.17) is 0 Å². The molecule has 8 nitrogen and oxygen atoms in total. The molecule has 1 aromatic heterocycles. The van der Waals surface area contributed by atoms with Gasteiger partial charge in [0.2, 0.25) is 0 Å². The minimum absolute atomic E-state index is 0.141. The Hall–Kier alpha value is -3.75. The molecule has 27 heavy (non-hydrogen) atoms. The number of hydrogen-bond acceptors (Lipinski definition) is 5. The second kappa shape index (κ2) is 7.65. The topological polar surface area (TPSA) is 102 Å². The minimum atomic E-state index is -0.569. The van der Waals surface area contributed by atoms with Crippen molar-refractivity contribution >= 4 is 17.3 Å². The number of aromatic nitrogens is 2. The molecule has 9 heteroatoms. The van der Waals surface area contributed by atoms with Gasteiger partial charge in [0.15, 0.2) is 0 Å². The lowest BCUT2D eigenvalue weighted by Crippen LogP contribution is -2.20. The van der Waals surface area contributed by atoms with Crippen molar-refractivity contribution in [2.24, 2.45) is 0 Å². The summed E-state index contributed by atoms with van der Waals surface area (Å²) in [4.78, 5) is 26.3. The summed E-state index contributed by atoms with van der Waals surface area (Å²) in [6, 6.07) is 8.72. The summed E-state index contributed by atoms with van der Waals surface area (Å²) in [5.74, 6) is -0.870. The fraction of sp³-hybridized carbons (Fsp3) is 0.111. The zero-order valence-corrected chi connectivity index (χ0v) is 14.3. The van der Waals surface area contributed by atoms with Gasteiger partial charge in [-0.1, -0.05) is 6.07 Å². The van der Waals surface area contributed by atoms with E-state index >= 15 is 0 Å². The van der Waals surface area contributed by atoms with Gasteiger partial charge in [0, 0.05) is 43.8 Å². The zero-order chi connectivity index (χ0) is 19.4. The highest BCUT2D eigenvalue weighted by atomic mass is 19.1. The molecular formula is C18H16FN5O3. The lowest BCUT2D eigenvalue weighted by Gasteiger charge is -2.12. The third-order valence-corrected chi connectivity index (χ3v) is 3.96. The van der Waals surface area contributed by atoms with Crippen LogP contribution in [0, 0.1) is 15.9 Å². The number of amides is 1. The average molecular weight is 369 g/mol. The van der Waals surface area contributed by atoms with Crippen LogP contribution < -0.4 is 10.6 Å². The summed E-state index contributed by atoms with van der Waals surface area (Å²) in [7, 11) is 1.44.